The summed E-state index contributed by atoms with van der Waals surface area (Å²) in [5.74, 6) is 0.532. The van der Waals surface area contributed by atoms with E-state index in [-0.39, 0.29) is 11.9 Å². The summed E-state index contributed by atoms with van der Waals surface area (Å²) in [5, 5.41) is 3.28. The highest BCUT2D eigenvalue weighted by Gasteiger charge is 2.22. The van der Waals surface area contributed by atoms with Gasteiger partial charge in [-0.1, -0.05) is 20.8 Å². The van der Waals surface area contributed by atoms with Gasteiger partial charge in [-0.05, 0) is 32.3 Å². The predicted octanol–water partition coefficient (Wildman–Crippen LogP) is 3.41. The van der Waals surface area contributed by atoms with Gasteiger partial charge in [-0.3, -0.25) is 9.78 Å². The van der Waals surface area contributed by atoms with Gasteiger partial charge in [0.15, 0.2) is 0 Å². The van der Waals surface area contributed by atoms with Crippen molar-refractivity contribution in [3.63, 3.8) is 0 Å². The van der Waals surface area contributed by atoms with E-state index in [4.69, 9.17) is 0 Å². The van der Waals surface area contributed by atoms with E-state index < -0.39 is 0 Å². The van der Waals surface area contributed by atoms with Crippen LogP contribution in [0.2, 0.25) is 0 Å². The minimum atomic E-state index is 0.0784. The summed E-state index contributed by atoms with van der Waals surface area (Å²) < 4.78 is 0. The highest BCUT2D eigenvalue weighted by atomic mass is 16.2. The Morgan fingerprint density at radius 3 is 2.60 bits per heavy atom. The van der Waals surface area contributed by atoms with Crippen LogP contribution in [0.15, 0.2) is 18.5 Å². The van der Waals surface area contributed by atoms with Gasteiger partial charge in [-0.2, -0.15) is 0 Å². The molecular formula is C16H27N3O. The van der Waals surface area contributed by atoms with Crippen LogP contribution in [0.4, 0.5) is 5.69 Å². The maximum absolute atomic E-state index is 12.8. The van der Waals surface area contributed by atoms with Gasteiger partial charge in [0.25, 0.3) is 5.91 Å². The first kappa shape index (κ1) is 16.5. The van der Waals surface area contributed by atoms with Crippen LogP contribution in [-0.2, 0) is 0 Å². The summed E-state index contributed by atoms with van der Waals surface area (Å²) in [7, 11) is 0. The average molecular weight is 277 g/mol. The Morgan fingerprint density at radius 2 is 2.05 bits per heavy atom. The molecule has 0 saturated carbocycles. The molecule has 1 aromatic heterocycles. The van der Waals surface area contributed by atoms with E-state index >= 15 is 0 Å². The molecular weight excluding hydrogens is 250 g/mol. The molecule has 20 heavy (non-hydrogen) atoms. The number of carbonyl (C=O) groups excluding carboxylic acids is 1. The molecule has 0 radical (unpaired) electrons. The fourth-order valence-electron chi connectivity index (χ4n) is 2.06. The molecule has 0 fully saturated rings. The Hall–Kier alpha value is -1.58. The van der Waals surface area contributed by atoms with Crippen molar-refractivity contribution in [2.24, 2.45) is 5.92 Å². The SMILES string of the molecule is CCCNc1cnccc1C(=O)N(CC(C)C)C(C)C. The van der Waals surface area contributed by atoms with E-state index in [1.165, 1.54) is 0 Å². The normalized spacial score (nSPS) is 10.9. The van der Waals surface area contributed by atoms with E-state index in [9.17, 15) is 4.79 Å². The van der Waals surface area contributed by atoms with Crippen LogP contribution in [0.3, 0.4) is 0 Å². The zero-order valence-electron chi connectivity index (χ0n) is 13.3. The second-order valence-corrected chi connectivity index (χ2v) is 5.79. The third kappa shape index (κ3) is 4.51. The molecule has 112 valence electrons. The van der Waals surface area contributed by atoms with Crippen molar-refractivity contribution < 1.29 is 4.79 Å². The Labute approximate surface area is 122 Å². The molecule has 0 bridgehead atoms. The predicted molar refractivity (Wildman–Crippen MR) is 84.0 cm³/mol. The number of rotatable bonds is 7. The second-order valence-electron chi connectivity index (χ2n) is 5.79. The van der Waals surface area contributed by atoms with Gasteiger partial charge in [-0.15, -0.1) is 0 Å². The third-order valence-electron chi connectivity index (χ3n) is 3.06. The Bertz CT molecular complexity index is 429. The monoisotopic (exact) mass is 277 g/mol. The molecule has 0 aromatic carbocycles. The van der Waals surface area contributed by atoms with Gasteiger partial charge in [0, 0.05) is 25.3 Å². The van der Waals surface area contributed by atoms with Crippen LogP contribution < -0.4 is 5.32 Å². The summed E-state index contributed by atoms with van der Waals surface area (Å²) >= 11 is 0. The molecule has 0 atom stereocenters. The van der Waals surface area contributed by atoms with Gasteiger partial charge in [-0.25, -0.2) is 0 Å². The van der Waals surface area contributed by atoms with Crippen molar-refractivity contribution in [3.05, 3.63) is 24.0 Å². The summed E-state index contributed by atoms with van der Waals surface area (Å²) in [6.07, 6.45) is 4.43. The highest BCUT2D eigenvalue weighted by Crippen LogP contribution is 2.18. The zero-order chi connectivity index (χ0) is 15.1. The molecule has 1 N–H and O–H groups in total. The first-order valence-corrected chi connectivity index (χ1v) is 7.46. The van der Waals surface area contributed by atoms with Gasteiger partial charge in [0.2, 0.25) is 0 Å². The molecule has 0 aliphatic rings. The van der Waals surface area contributed by atoms with Crippen molar-refractivity contribution >= 4 is 11.6 Å². The lowest BCUT2D eigenvalue weighted by atomic mass is 10.1. The summed E-state index contributed by atoms with van der Waals surface area (Å²) in [6.45, 7) is 12.1. The second kappa shape index (κ2) is 7.88. The van der Waals surface area contributed by atoms with E-state index in [1.54, 1.807) is 18.5 Å². The van der Waals surface area contributed by atoms with Crippen molar-refractivity contribution in [1.82, 2.24) is 9.88 Å². The molecule has 1 rings (SSSR count). The molecule has 4 heteroatoms. The molecule has 0 saturated heterocycles. The van der Waals surface area contributed by atoms with Crippen LogP contribution in [0, 0.1) is 5.92 Å². The Kier molecular flexibility index (Phi) is 6.49. The van der Waals surface area contributed by atoms with Gasteiger partial charge >= 0.3 is 0 Å². The Morgan fingerprint density at radius 1 is 1.35 bits per heavy atom. The van der Waals surface area contributed by atoms with Crippen LogP contribution in [-0.4, -0.2) is 34.9 Å². The smallest absolute Gasteiger partial charge is 0.256 e. The number of hydrogen-bond acceptors (Lipinski definition) is 3. The number of amides is 1. The molecule has 0 unspecified atom stereocenters. The minimum Gasteiger partial charge on any atom is -0.383 e. The van der Waals surface area contributed by atoms with E-state index in [0.29, 0.717) is 11.5 Å². The van der Waals surface area contributed by atoms with Crippen LogP contribution in [0.25, 0.3) is 0 Å². The largest absolute Gasteiger partial charge is 0.383 e. The lowest BCUT2D eigenvalue weighted by Crippen LogP contribution is -2.39. The number of aromatic nitrogens is 1. The minimum absolute atomic E-state index is 0.0784. The number of nitrogens with one attached hydrogen (secondary N) is 1. The zero-order valence-corrected chi connectivity index (χ0v) is 13.3. The molecule has 0 aliphatic heterocycles. The van der Waals surface area contributed by atoms with E-state index in [2.05, 4.69) is 44.9 Å². The molecule has 0 spiro atoms. The summed E-state index contributed by atoms with van der Waals surface area (Å²) in [4.78, 5) is 18.8. The van der Waals surface area contributed by atoms with Crippen LogP contribution >= 0.6 is 0 Å². The van der Waals surface area contributed by atoms with Gasteiger partial charge < -0.3 is 10.2 Å². The first-order valence-electron chi connectivity index (χ1n) is 7.46. The van der Waals surface area contributed by atoms with Crippen LogP contribution in [0.1, 0.15) is 51.4 Å². The maximum Gasteiger partial charge on any atom is 0.256 e. The number of carbonyl (C=O) groups is 1. The number of nitrogens with zero attached hydrogens (tertiary/aromatic N) is 2. The number of hydrogen-bond donors (Lipinski definition) is 1. The fourth-order valence-corrected chi connectivity index (χ4v) is 2.06. The van der Waals surface area contributed by atoms with E-state index in [1.807, 2.05) is 4.90 Å². The number of pyridine rings is 1. The third-order valence-corrected chi connectivity index (χ3v) is 3.06. The molecule has 1 heterocycles. The average Bonchev–Trinajstić information content (AvgIpc) is 2.41. The molecule has 0 aliphatic carbocycles. The molecule has 4 nitrogen and oxygen atoms in total. The lowest BCUT2D eigenvalue weighted by molar-refractivity contribution is 0.0683. The van der Waals surface area contributed by atoms with Crippen molar-refractivity contribution in [2.45, 2.75) is 47.1 Å². The number of anilines is 1. The summed E-state index contributed by atoms with van der Waals surface area (Å²) in [6, 6.07) is 1.99. The summed E-state index contributed by atoms with van der Waals surface area (Å²) in [5.41, 5.74) is 1.54. The lowest BCUT2D eigenvalue weighted by Gasteiger charge is -2.29. The maximum atomic E-state index is 12.8. The van der Waals surface area contributed by atoms with E-state index in [0.717, 1.165) is 25.2 Å². The van der Waals surface area contributed by atoms with Crippen molar-refractivity contribution in [1.29, 1.82) is 0 Å². The quantitative estimate of drug-likeness (QED) is 0.830. The Balaban J connectivity index is 2.99. The van der Waals surface area contributed by atoms with Crippen molar-refractivity contribution in [2.75, 3.05) is 18.4 Å². The van der Waals surface area contributed by atoms with Gasteiger partial charge in [0.1, 0.15) is 0 Å². The van der Waals surface area contributed by atoms with Crippen molar-refractivity contribution in [3.8, 4) is 0 Å². The molecule has 1 aromatic rings. The highest BCUT2D eigenvalue weighted by molar-refractivity contribution is 5.99. The molecule has 1 amide bonds. The fraction of sp³-hybridized carbons (Fsp3) is 0.625. The van der Waals surface area contributed by atoms with Gasteiger partial charge in [0.05, 0.1) is 17.4 Å². The topological polar surface area (TPSA) is 45.2 Å². The van der Waals surface area contributed by atoms with Crippen LogP contribution in [0.5, 0.6) is 0 Å². The standard InChI is InChI=1S/C16H27N3O/c1-6-8-18-15-10-17-9-7-14(15)16(20)19(13(4)5)11-12(2)3/h7,9-10,12-13,18H,6,8,11H2,1-5H3. The first-order chi connectivity index (χ1) is 9.47.